The molecule has 18 heavy (non-hydrogen) atoms. The Morgan fingerprint density at radius 3 is 2.22 bits per heavy atom. The number of rotatable bonds is 5. The van der Waals surface area contributed by atoms with E-state index in [0.717, 1.165) is 37.3 Å². The molecule has 0 aliphatic carbocycles. The largest absolute Gasteiger partial charge is 0.416 e. The molecule has 5 heteroatoms. The van der Waals surface area contributed by atoms with Crippen molar-refractivity contribution in [1.29, 1.82) is 0 Å². The Morgan fingerprint density at radius 1 is 1.17 bits per heavy atom. The van der Waals surface area contributed by atoms with E-state index < -0.39 is 11.7 Å². The molecule has 0 atom stereocenters. The third-order valence-corrected chi connectivity index (χ3v) is 3.06. The minimum absolute atomic E-state index is 0.219. The fourth-order valence-corrected chi connectivity index (χ4v) is 1.82. The molecular formula is C13H19F3N2. The molecule has 1 aromatic carbocycles. The molecule has 1 aromatic rings. The van der Waals surface area contributed by atoms with Crippen LogP contribution in [0.1, 0.15) is 25.0 Å². The summed E-state index contributed by atoms with van der Waals surface area (Å²) in [7, 11) is 0. The number of nitrogens with zero attached hydrogens (tertiary/aromatic N) is 1. The third kappa shape index (κ3) is 3.91. The van der Waals surface area contributed by atoms with Crippen LogP contribution in [0, 0.1) is 0 Å². The van der Waals surface area contributed by atoms with Gasteiger partial charge in [0.05, 0.1) is 5.56 Å². The predicted octanol–water partition coefficient (Wildman–Crippen LogP) is 3.17. The Morgan fingerprint density at radius 2 is 1.78 bits per heavy atom. The molecular weight excluding hydrogens is 241 g/mol. The van der Waals surface area contributed by atoms with Crippen molar-refractivity contribution in [2.45, 2.75) is 26.4 Å². The number of halogens is 3. The summed E-state index contributed by atoms with van der Waals surface area (Å²) >= 11 is 0. The Kier molecular flexibility index (Phi) is 5.02. The maximum Gasteiger partial charge on any atom is 0.416 e. The molecule has 0 amide bonds. The first kappa shape index (κ1) is 14.8. The summed E-state index contributed by atoms with van der Waals surface area (Å²) in [6.45, 7) is 6.77. The number of likely N-dealkylation sites (N-methyl/N-ethyl adjacent to an activating group) is 1. The number of benzene rings is 1. The molecule has 0 saturated carbocycles. The predicted molar refractivity (Wildman–Crippen MR) is 67.3 cm³/mol. The van der Waals surface area contributed by atoms with Gasteiger partial charge in [-0.05, 0) is 37.2 Å². The van der Waals surface area contributed by atoms with Crippen molar-refractivity contribution in [3.05, 3.63) is 29.3 Å². The lowest BCUT2D eigenvalue weighted by atomic mass is 10.1. The van der Waals surface area contributed by atoms with Crippen molar-refractivity contribution in [1.82, 2.24) is 4.90 Å². The molecule has 0 fully saturated rings. The summed E-state index contributed by atoms with van der Waals surface area (Å²) in [5, 5.41) is 0. The van der Waals surface area contributed by atoms with E-state index in [1.165, 1.54) is 6.07 Å². The zero-order valence-electron chi connectivity index (χ0n) is 10.7. The van der Waals surface area contributed by atoms with E-state index in [1.54, 1.807) is 0 Å². The van der Waals surface area contributed by atoms with Crippen LogP contribution in [0.3, 0.4) is 0 Å². The monoisotopic (exact) mass is 260 g/mol. The van der Waals surface area contributed by atoms with Crippen LogP contribution in [-0.4, -0.2) is 24.5 Å². The van der Waals surface area contributed by atoms with Gasteiger partial charge in [-0.2, -0.15) is 13.2 Å². The highest BCUT2D eigenvalue weighted by atomic mass is 19.4. The molecule has 1 rings (SSSR count). The van der Waals surface area contributed by atoms with E-state index in [1.807, 2.05) is 0 Å². The van der Waals surface area contributed by atoms with Gasteiger partial charge in [0, 0.05) is 12.2 Å². The maximum absolute atomic E-state index is 12.5. The average Bonchev–Trinajstić information content (AvgIpc) is 2.30. The third-order valence-electron chi connectivity index (χ3n) is 3.06. The first-order valence-corrected chi connectivity index (χ1v) is 6.06. The fourth-order valence-electron chi connectivity index (χ4n) is 1.82. The van der Waals surface area contributed by atoms with Crippen LogP contribution in [-0.2, 0) is 12.6 Å². The topological polar surface area (TPSA) is 29.3 Å². The summed E-state index contributed by atoms with van der Waals surface area (Å²) < 4.78 is 37.4. The number of anilines is 1. The van der Waals surface area contributed by atoms with Gasteiger partial charge >= 0.3 is 6.18 Å². The highest BCUT2D eigenvalue weighted by Gasteiger charge is 2.30. The summed E-state index contributed by atoms with van der Waals surface area (Å²) in [5.74, 6) is 0. The first-order chi connectivity index (χ1) is 8.38. The first-order valence-electron chi connectivity index (χ1n) is 6.06. The molecule has 0 aliphatic rings. The van der Waals surface area contributed by atoms with Crippen molar-refractivity contribution in [2.75, 3.05) is 25.4 Å². The van der Waals surface area contributed by atoms with Gasteiger partial charge in [-0.3, -0.25) is 0 Å². The minimum Gasteiger partial charge on any atom is -0.398 e. The van der Waals surface area contributed by atoms with Gasteiger partial charge in [0.2, 0.25) is 0 Å². The van der Waals surface area contributed by atoms with Crippen LogP contribution in [0.4, 0.5) is 18.9 Å². The van der Waals surface area contributed by atoms with E-state index in [-0.39, 0.29) is 5.69 Å². The van der Waals surface area contributed by atoms with Gasteiger partial charge in [-0.1, -0.05) is 19.9 Å². The van der Waals surface area contributed by atoms with Crippen molar-refractivity contribution >= 4 is 5.69 Å². The number of nitrogen functional groups attached to an aromatic ring is 1. The second-order valence-corrected chi connectivity index (χ2v) is 4.19. The number of hydrogen-bond acceptors (Lipinski definition) is 2. The SMILES string of the molecule is CCN(CC)CCc1ccc(C(F)(F)F)cc1N. The van der Waals surface area contributed by atoms with E-state index in [0.29, 0.717) is 6.42 Å². The minimum atomic E-state index is -4.33. The zero-order chi connectivity index (χ0) is 13.8. The molecule has 0 saturated heterocycles. The summed E-state index contributed by atoms with van der Waals surface area (Å²) in [6, 6.07) is 3.58. The van der Waals surface area contributed by atoms with E-state index in [4.69, 9.17) is 5.73 Å². The smallest absolute Gasteiger partial charge is 0.398 e. The second kappa shape index (κ2) is 6.09. The van der Waals surface area contributed by atoms with Crippen molar-refractivity contribution in [3.63, 3.8) is 0 Å². The zero-order valence-corrected chi connectivity index (χ0v) is 10.7. The Hall–Kier alpha value is -1.23. The van der Waals surface area contributed by atoms with Crippen LogP contribution < -0.4 is 5.73 Å². The molecule has 0 aliphatic heterocycles. The molecule has 0 bridgehead atoms. The molecule has 0 heterocycles. The molecule has 102 valence electrons. The van der Waals surface area contributed by atoms with Gasteiger partial charge in [-0.15, -0.1) is 0 Å². The van der Waals surface area contributed by atoms with Gasteiger partial charge in [0.1, 0.15) is 0 Å². The van der Waals surface area contributed by atoms with E-state index in [2.05, 4.69) is 18.7 Å². The number of nitrogens with two attached hydrogens (primary N) is 1. The lowest BCUT2D eigenvalue weighted by Gasteiger charge is -2.18. The summed E-state index contributed by atoms with van der Waals surface area (Å²) in [6.07, 6.45) is -3.66. The van der Waals surface area contributed by atoms with Crippen molar-refractivity contribution in [3.8, 4) is 0 Å². The van der Waals surface area contributed by atoms with Crippen molar-refractivity contribution in [2.24, 2.45) is 0 Å². The van der Waals surface area contributed by atoms with E-state index in [9.17, 15) is 13.2 Å². The molecule has 2 N–H and O–H groups in total. The van der Waals surface area contributed by atoms with Crippen LogP contribution in [0.2, 0.25) is 0 Å². The second-order valence-electron chi connectivity index (χ2n) is 4.19. The maximum atomic E-state index is 12.5. The van der Waals surface area contributed by atoms with Gasteiger partial charge < -0.3 is 10.6 Å². The highest BCUT2D eigenvalue weighted by molar-refractivity contribution is 5.50. The quantitative estimate of drug-likeness (QED) is 0.824. The summed E-state index contributed by atoms with van der Waals surface area (Å²) in [5.41, 5.74) is 5.97. The molecule has 0 radical (unpaired) electrons. The van der Waals surface area contributed by atoms with Crippen LogP contribution >= 0.6 is 0 Å². The highest BCUT2D eigenvalue weighted by Crippen LogP contribution is 2.31. The molecule has 0 spiro atoms. The normalized spacial score (nSPS) is 12.1. The van der Waals surface area contributed by atoms with Crippen molar-refractivity contribution < 1.29 is 13.2 Å². The summed E-state index contributed by atoms with van der Waals surface area (Å²) in [4.78, 5) is 2.21. The van der Waals surface area contributed by atoms with Crippen LogP contribution in [0.25, 0.3) is 0 Å². The van der Waals surface area contributed by atoms with Gasteiger partial charge in [0.15, 0.2) is 0 Å². The standard InChI is InChI=1S/C13H19F3N2/c1-3-18(4-2)8-7-10-5-6-11(9-12(10)17)13(14,15)16/h5-6,9H,3-4,7-8,17H2,1-2H3. The van der Waals surface area contributed by atoms with Crippen LogP contribution in [0.5, 0.6) is 0 Å². The van der Waals surface area contributed by atoms with Crippen LogP contribution in [0.15, 0.2) is 18.2 Å². The van der Waals surface area contributed by atoms with Gasteiger partial charge in [-0.25, -0.2) is 0 Å². The van der Waals surface area contributed by atoms with E-state index >= 15 is 0 Å². The van der Waals surface area contributed by atoms with Gasteiger partial charge in [0.25, 0.3) is 0 Å². The Balaban J connectivity index is 2.74. The Bertz CT molecular complexity index is 384. The lowest BCUT2D eigenvalue weighted by molar-refractivity contribution is -0.137. The molecule has 0 unspecified atom stereocenters. The Labute approximate surface area is 106 Å². The molecule has 2 nitrogen and oxygen atoms in total. The average molecular weight is 260 g/mol. The fraction of sp³-hybridized carbons (Fsp3) is 0.538. The molecule has 0 aromatic heterocycles. The number of alkyl halides is 3. The number of hydrogen-bond donors (Lipinski definition) is 1. The lowest BCUT2D eigenvalue weighted by Crippen LogP contribution is -2.25.